The average Bonchev–Trinajstić information content (AvgIpc) is 3.47. The number of likely N-dealkylation sites (tertiary alicyclic amines) is 1. The maximum atomic E-state index is 15.6. The molecule has 1 saturated heterocycles. The Hall–Kier alpha value is -4.34. The van der Waals surface area contributed by atoms with E-state index in [1.807, 2.05) is 60.7 Å². The van der Waals surface area contributed by atoms with Crippen LogP contribution in [0.25, 0.3) is 0 Å². The lowest BCUT2D eigenvalue weighted by Crippen LogP contribution is -2.46. The molecule has 0 aromatic heterocycles. The van der Waals surface area contributed by atoms with Crippen molar-refractivity contribution in [2.24, 2.45) is 0 Å². The predicted octanol–water partition coefficient (Wildman–Crippen LogP) is 5.63. The molecule has 0 radical (unpaired) electrons. The van der Waals surface area contributed by atoms with Gasteiger partial charge in [-0.25, -0.2) is 4.79 Å². The van der Waals surface area contributed by atoms with Gasteiger partial charge in [0.1, 0.15) is 6.61 Å². The van der Waals surface area contributed by atoms with Gasteiger partial charge in [-0.15, -0.1) is 0 Å². The molecule has 0 saturated carbocycles. The van der Waals surface area contributed by atoms with Crippen molar-refractivity contribution in [2.75, 3.05) is 34.5 Å². The van der Waals surface area contributed by atoms with E-state index in [1.54, 1.807) is 4.90 Å². The van der Waals surface area contributed by atoms with Crippen LogP contribution in [0.3, 0.4) is 0 Å². The highest BCUT2D eigenvalue weighted by Crippen LogP contribution is 2.43. The van der Waals surface area contributed by atoms with Crippen LogP contribution in [0.5, 0.6) is 17.2 Å². The van der Waals surface area contributed by atoms with Crippen LogP contribution in [0, 0.1) is 0 Å². The fourth-order valence-electron chi connectivity index (χ4n) is 4.89. The summed E-state index contributed by atoms with van der Waals surface area (Å²) in [4.78, 5) is 29.1. The minimum absolute atomic E-state index is 0.0122. The van der Waals surface area contributed by atoms with Crippen LogP contribution in [0.15, 0.2) is 72.8 Å². The number of rotatable bonds is 11. The van der Waals surface area contributed by atoms with Crippen LogP contribution in [0.4, 0.5) is 13.6 Å². The molecule has 0 unspecified atom stereocenters. The zero-order chi connectivity index (χ0) is 29.4. The summed E-state index contributed by atoms with van der Waals surface area (Å²) in [5.74, 6) is -5.10. The largest absolute Gasteiger partial charge is 0.493 e. The van der Waals surface area contributed by atoms with Crippen LogP contribution < -0.4 is 14.2 Å². The van der Waals surface area contributed by atoms with E-state index in [1.165, 1.54) is 21.3 Å². The quantitative estimate of drug-likeness (QED) is 0.298. The summed E-state index contributed by atoms with van der Waals surface area (Å²) < 4.78 is 52.4. The molecule has 0 spiro atoms. The minimum atomic E-state index is -3.88. The summed E-state index contributed by atoms with van der Waals surface area (Å²) in [5, 5.41) is 0. The molecule has 218 valence electrons. The van der Waals surface area contributed by atoms with Gasteiger partial charge in [0.25, 0.3) is 5.91 Å². The fraction of sp³-hybridized carbons (Fsp3) is 0.355. The number of nitrogens with zero attached hydrogens (tertiary/aromatic N) is 2. The van der Waals surface area contributed by atoms with Gasteiger partial charge in [0.2, 0.25) is 5.75 Å². The molecule has 10 heteroatoms. The number of hydrogen-bond acceptors (Lipinski definition) is 6. The van der Waals surface area contributed by atoms with Crippen LogP contribution in [0.2, 0.25) is 0 Å². The first-order valence-electron chi connectivity index (χ1n) is 13.3. The second-order valence-electron chi connectivity index (χ2n) is 9.69. The zero-order valence-corrected chi connectivity index (χ0v) is 23.3. The SMILES string of the molecule is COc1cc(C(F)(F)C(=O)N2CCC[C@H]2COC(=O)N(Cc2ccccc2)Cc2ccccc2)cc(OC)c1OC. The third-order valence-electron chi connectivity index (χ3n) is 7.02. The van der Waals surface area contributed by atoms with Crippen molar-refractivity contribution in [1.82, 2.24) is 9.80 Å². The van der Waals surface area contributed by atoms with Gasteiger partial charge in [0.05, 0.1) is 27.4 Å². The van der Waals surface area contributed by atoms with Crippen molar-refractivity contribution in [2.45, 2.75) is 37.9 Å². The Morgan fingerprint density at radius 3 is 1.90 bits per heavy atom. The summed E-state index contributed by atoms with van der Waals surface area (Å²) in [6, 6.07) is 20.4. The molecule has 0 N–H and O–H groups in total. The molecule has 0 aliphatic carbocycles. The van der Waals surface area contributed by atoms with Crippen molar-refractivity contribution < 1.29 is 37.3 Å². The molecule has 3 aromatic carbocycles. The standard InChI is InChI=1S/C31H34F2N2O6/c1-38-26-17-24(18-27(39-2)28(26)40-3)31(32,33)29(36)35-16-10-15-25(35)21-41-30(37)34(19-22-11-6-4-7-12-22)20-23-13-8-5-9-14-23/h4-9,11-14,17-18,25H,10,15-16,19-21H2,1-3H3/t25-/m0/s1. The number of carbonyl (C=O) groups excluding carboxylic acids is 2. The highest BCUT2D eigenvalue weighted by atomic mass is 19.3. The van der Waals surface area contributed by atoms with Gasteiger partial charge >= 0.3 is 12.0 Å². The third kappa shape index (κ3) is 6.87. The second kappa shape index (κ2) is 13.3. The Bertz CT molecular complexity index is 1260. The Labute approximate surface area is 238 Å². The summed E-state index contributed by atoms with van der Waals surface area (Å²) in [6.45, 7) is 0.539. The lowest BCUT2D eigenvalue weighted by Gasteiger charge is -2.30. The van der Waals surface area contributed by atoms with E-state index in [2.05, 4.69) is 0 Å². The van der Waals surface area contributed by atoms with Crippen molar-refractivity contribution >= 4 is 12.0 Å². The van der Waals surface area contributed by atoms with Gasteiger partial charge < -0.3 is 23.8 Å². The number of carbonyl (C=O) groups is 2. The van der Waals surface area contributed by atoms with Gasteiger partial charge in [-0.05, 0) is 36.1 Å². The fourth-order valence-corrected chi connectivity index (χ4v) is 4.89. The average molecular weight is 569 g/mol. The lowest BCUT2D eigenvalue weighted by atomic mass is 10.0. The van der Waals surface area contributed by atoms with E-state index >= 15 is 8.78 Å². The van der Waals surface area contributed by atoms with E-state index in [9.17, 15) is 9.59 Å². The van der Waals surface area contributed by atoms with Gasteiger partial charge in [-0.3, -0.25) is 9.69 Å². The zero-order valence-electron chi connectivity index (χ0n) is 23.3. The van der Waals surface area contributed by atoms with E-state index in [0.29, 0.717) is 25.9 Å². The van der Waals surface area contributed by atoms with Crippen molar-refractivity contribution in [3.63, 3.8) is 0 Å². The maximum absolute atomic E-state index is 15.6. The number of hydrogen-bond donors (Lipinski definition) is 0. The number of halogens is 2. The summed E-state index contributed by atoms with van der Waals surface area (Å²) >= 11 is 0. The third-order valence-corrected chi connectivity index (χ3v) is 7.02. The van der Waals surface area contributed by atoms with Crippen LogP contribution in [-0.2, 0) is 28.5 Å². The van der Waals surface area contributed by atoms with Gasteiger partial charge in [-0.2, -0.15) is 8.78 Å². The van der Waals surface area contributed by atoms with E-state index in [4.69, 9.17) is 18.9 Å². The van der Waals surface area contributed by atoms with Gasteiger partial charge in [-0.1, -0.05) is 60.7 Å². The molecule has 0 bridgehead atoms. The van der Waals surface area contributed by atoms with E-state index in [0.717, 1.165) is 28.2 Å². The van der Waals surface area contributed by atoms with Crippen molar-refractivity contribution in [3.05, 3.63) is 89.5 Å². The number of methoxy groups -OCH3 is 3. The molecule has 2 amide bonds. The van der Waals surface area contributed by atoms with Crippen molar-refractivity contribution in [1.29, 1.82) is 0 Å². The molecule has 1 aliphatic heterocycles. The maximum Gasteiger partial charge on any atom is 0.410 e. The molecule has 1 heterocycles. The first kappa shape index (κ1) is 29.6. The lowest BCUT2D eigenvalue weighted by molar-refractivity contribution is -0.160. The molecular formula is C31H34F2N2O6. The van der Waals surface area contributed by atoms with Crippen LogP contribution >= 0.6 is 0 Å². The molecule has 8 nitrogen and oxygen atoms in total. The number of ether oxygens (including phenoxy) is 4. The van der Waals surface area contributed by atoms with Gasteiger partial charge in [0.15, 0.2) is 11.5 Å². The first-order chi connectivity index (χ1) is 19.8. The molecule has 3 aromatic rings. The second-order valence-corrected chi connectivity index (χ2v) is 9.69. The number of alkyl halides is 2. The smallest absolute Gasteiger partial charge is 0.410 e. The topological polar surface area (TPSA) is 77.5 Å². The molecule has 1 fully saturated rings. The van der Waals surface area contributed by atoms with Crippen LogP contribution in [0.1, 0.15) is 29.5 Å². The monoisotopic (exact) mass is 568 g/mol. The summed E-state index contributed by atoms with van der Waals surface area (Å²) in [6.07, 6.45) is 0.354. The van der Waals surface area contributed by atoms with E-state index in [-0.39, 0.29) is 30.4 Å². The normalized spacial score (nSPS) is 14.9. The highest BCUT2D eigenvalue weighted by molar-refractivity contribution is 5.86. The predicted molar refractivity (Wildman–Crippen MR) is 148 cm³/mol. The minimum Gasteiger partial charge on any atom is -0.493 e. The highest BCUT2D eigenvalue weighted by Gasteiger charge is 2.48. The Balaban J connectivity index is 1.48. The van der Waals surface area contributed by atoms with Crippen LogP contribution in [-0.4, -0.2) is 62.3 Å². The van der Waals surface area contributed by atoms with Gasteiger partial charge in [0, 0.05) is 25.2 Å². The summed E-state index contributed by atoms with van der Waals surface area (Å²) in [5.41, 5.74) is 1.25. The Morgan fingerprint density at radius 2 is 1.41 bits per heavy atom. The first-order valence-corrected chi connectivity index (χ1v) is 13.3. The molecule has 1 atom stereocenters. The van der Waals surface area contributed by atoms with Crippen molar-refractivity contribution in [3.8, 4) is 17.2 Å². The molecular weight excluding hydrogens is 534 g/mol. The van der Waals surface area contributed by atoms with E-state index < -0.39 is 29.5 Å². The number of amides is 2. The Morgan fingerprint density at radius 1 is 0.878 bits per heavy atom. The molecule has 41 heavy (non-hydrogen) atoms. The Kier molecular flexibility index (Phi) is 9.65. The molecule has 1 aliphatic rings. The number of benzene rings is 3. The summed E-state index contributed by atoms with van der Waals surface area (Å²) in [7, 11) is 3.98. The molecule has 4 rings (SSSR count).